The van der Waals surface area contributed by atoms with Gasteiger partial charge in [0, 0.05) is 31.2 Å². The van der Waals surface area contributed by atoms with Crippen molar-refractivity contribution in [3.8, 4) is 0 Å². The van der Waals surface area contributed by atoms with Crippen molar-refractivity contribution in [1.29, 1.82) is 0 Å². The van der Waals surface area contributed by atoms with Crippen LogP contribution in [0.3, 0.4) is 0 Å². The van der Waals surface area contributed by atoms with E-state index in [1.54, 1.807) is 0 Å². The number of nitrogens with zero attached hydrogens (tertiary/aromatic N) is 1. The fraction of sp³-hybridized carbons (Fsp3) is 1.00. The Morgan fingerprint density at radius 1 is 1.11 bits per heavy atom. The van der Waals surface area contributed by atoms with E-state index in [-0.39, 0.29) is 0 Å². The van der Waals surface area contributed by atoms with Crippen LogP contribution < -0.4 is 5.32 Å². The van der Waals surface area contributed by atoms with Gasteiger partial charge in [-0.25, -0.2) is 0 Å². The van der Waals surface area contributed by atoms with Crippen molar-refractivity contribution in [3.63, 3.8) is 0 Å². The highest BCUT2D eigenvalue weighted by molar-refractivity contribution is 4.91. The van der Waals surface area contributed by atoms with Crippen LogP contribution in [0.25, 0.3) is 0 Å². The van der Waals surface area contributed by atoms with E-state index < -0.39 is 0 Å². The van der Waals surface area contributed by atoms with Gasteiger partial charge in [-0.05, 0) is 45.4 Å². The van der Waals surface area contributed by atoms with Crippen LogP contribution in [0.15, 0.2) is 0 Å². The zero-order valence-electron chi connectivity index (χ0n) is 12.8. The van der Waals surface area contributed by atoms with E-state index in [1.165, 1.54) is 45.2 Å². The van der Waals surface area contributed by atoms with Crippen molar-refractivity contribution in [2.24, 2.45) is 11.8 Å². The van der Waals surface area contributed by atoms with Gasteiger partial charge in [-0.15, -0.1) is 0 Å². The molecule has 1 unspecified atom stereocenters. The van der Waals surface area contributed by atoms with Gasteiger partial charge in [0.2, 0.25) is 0 Å². The number of hydrogen-bond donors (Lipinski definition) is 1. The minimum atomic E-state index is 0.299. The zero-order valence-corrected chi connectivity index (χ0v) is 12.8. The third kappa shape index (κ3) is 3.71. The van der Waals surface area contributed by atoms with Crippen molar-refractivity contribution >= 4 is 0 Å². The molecule has 0 bridgehead atoms. The molecule has 1 aliphatic carbocycles. The van der Waals surface area contributed by atoms with E-state index in [0.29, 0.717) is 11.6 Å². The monoisotopic (exact) mass is 252 g/mol. The maximum absolute atomic E-state index is 3.65. The van der Waals surface area contributed by atoms with Crippen molar-refractivity contribution in [2.45, 2.75) is 71.4 Å². The molecule has 0 radical (unpaired) electrons. The van der Waals surface area contributed by atoms with E-state index in [4.69, 9.17) is 0 Å². The van der Waals surface area contributed by atoms with Crippen LogP contribution in [-0.2, 0) is 0 Å². The molecular weight excluding hydrogens is 220 g/mol. The molecule has 1 N–H and O–H groups in total. The summed E-state index contributed by atoms with van der Waals surface area (Å²) in [5, 5.41) is 3.65. The highest BCUT2D eigenvalue weighted by Gasteiger charge is 2.32. The second-order valence-corrected chi connectivity index (χ2v) is 7.34. The SMILES string of the molecule is CCC1CCC(CN2CC(C)(C)NCC2C)CC1. The maximum Gasteiger partial charge on any atom is 0.0252 e. The van der Waals surface area contributed by atoms with Gasteiger partial charge in [0.25, 0.3) is 0 Å². The van der Waals surface area contributed by atoms with Crippen LogP contribution in [0.5, 0.6) is 0 Å². The Morgan fingerprint density at radius 2 is 1.72 bits per heavy atom. The van der Waals surface area contributed by atoms with Gasteiger partial charge in [-0.1, -0.05) is 26.2 Å². The van der Waals surface area contributed by atoms with E-state index >= 15 is 0 Å². The Balaban J connectivity index is 1.81. The van der Waals surface area contributed by atoms with Gasteiger partial charge in [-0.2, -0.15) is 0 Å². The number of rotatable bonds is 3. The number of piperazine rings is 1. The van der Waals surface area contributed by atoms with Crippen LogP contribution in [0, 0.1) is 11.8 Å². The summed E-state index contributed by atoms with van der Waals surface area (Å²) in [5.74, 6) is 1.99. The Hall–Kier alpha value is -0.0800. The van der Waals surface area contributed by atoms with Gasteiger partial charge in [0.1, 0.15) is 0 Å². The normalized spacial score (nSPS) is 37.7. The molecule has 1 saturated carbocycles. The highest BCUT2D eigenvalue weighted by atomic mass is 15.2. The van der Waals surface area contributed by atoms with Crippen LogP contribution >= 0.6 is 0 Å². The standard InChI is InChI=1S/C16H32N2/c1-5-14-6-8-15(9-7-14)11-18-12-16(3,4)17-10-13(18)2/h13-15,17H,5-12H2,1-4H3. The predicted molar refractivity (Wildman–Crippen MR) is 78.9 cm³/mol. The molecule has 2 nitrogen and oxygen atoms in total. The molecule has 0 spiro atoms. The summed E-state index contributed by atoms with van der Waals surface area (Å²) < 4.78 is 0. The second kappa shape index (κ2) is 5.92. The van der Waals surface area contributed by atoms with Crippen LogP contribution in [0.1, 0.15) is 59.8 Å². The Bertz CT molecular complexity index is 254. The van der Waals surface area contributed by atoms with Gasteiger partial charge in [0.05, 0.1) is 0 Å². The molecule has 18 heavy (non-hydrogen) atoms. The van der Waals surface area contributed by atoms with E-state index in [1.807, 2.05) is 0 Å². The molecule has 1 atom stereocenters. The lowest BCUT2D eigenvalue weighted by Crippen LogP contribution is -2.61. The van der Waals surface area contributed by atoms with Gasteiger partial charge >= 0.3 is 0 Å². The fourth-order valence-corrected chi connectivity index (χ4v) is 3.67. The third-order valence-corrected chi connectivity index (χ3v) is 5.13. The highest BCUT2D eigenvalue weighted by Crippen LogP contribution is 2.32. The first-order valence-corrected chi connectivity index (χ1v) is 7.99. The first kappa shape index (κ1) is 14.3. The zero-order chi connectivity index (χ0) is 13.2. The predicted octanol–water partition coefficient (Wildman–Crippen LogP) is 3.28. The third-order valence-electron chi connectivity index (χ3n) is 5.13. The molecule has 1 heterocycles. The molecule has 0 aromatic carbocycles. The van der Waals surface area contributed by atoms with Gasteiger partial charge < -0.3 is 5.32 Å². The second-order valence-electron chi connectivity index (χ2n) is 7.34. The quantitative estimate of drug-likeness (QED) is 0.829. The molecule has 0 aromatic heterocycles. The molecule has 0 amide bonds. The van der Waals surface area contributed by atoms with Crippen LogP contribution in [0.4, 0.5) is 0 Å². The van der Waals surface area contributed by atoms with Crippen molar-refractivity contribution in [2.75, 3.05) is 19.6 Å². The summed E-state index contributed by atoms with van der Waals surface area (Å²) >= 11 is 0. The first-order chi connectivity index (χ1) is 8.50. The lowest BCUT2D eigenvalue weighted by atomic mass is 9.80. The Morgan fingerprint density at radius 3 is 2.33 bits per heavy atom. The van der Waals surface area contributed by atoms with E-state index in [0.717, 1.165) is 18.4 Å². The van der Waals surface area contributed by atoms with E-state index in [2.05, 4.69) is 37.9 Å². The van der Waals surface area contributed by atoms with Crippen molar-refractivity contribution in [3.05, 3.63) is 0 Å². The molecule has 1 saturated heterocycles. The molecule has 2 rings (SSSR count). The molecule has 1 aliphatic heterocycles. The largest absolute Gasteiger partial charge is 0.309 e. The minimum absolute atomic E-state index is 0.299. The molecule has 0 aromatic rings. The Labute approximate surface area is 114 Å². The van der Waals surface area contributed by atoms with Crippen molar-refractivity contribution in [1.82, 2.24) is 10.2 Å². The lowest BCUT2D eigenvalue weighted by Gasteiger charge is -2.45. The van der Waals surface area contributed by atoms with E-state index in [9.17, 15) is 0 Å². The fourth-order valence-electron chi connectivity index (χ4n) is 3.67. The van der Waals surface area contributed by atoms with Gasteiger partial charge in [0.15, 0.2) is 0 Å². The first-order valence-electron chi connectivity index (χ1n) is 7.99. The summed E-state index contributed by atoms with van der Waals surface area (Å²) in [7, 11) is 0. The Kier molecular flexibility index (Phi) is 4.71. The summed E-state index contributed by atoms with van der Waals surface area (Å²) in [6, 6.07) is 0.710. The van der Waals surface area contributed by atoms with Crippen LogP contribution in [0.2, 0.25) is 0 Å². The smallest absolute Gasteiger partial charge is 0.0252 e. The van der Waals surface area contributed by atoms with Crippen molar-refractivity contribution < 1.29 is 0 Å². The number of hydrogen-bond acceptors (Lipinski definition) is 2. The lowest BCUT2D eigenvalue weighted by molar-refractivity contribution is 0.0757. The van der Waals surface area contributed by atoms with Crippen LogP contribution in [-0.4, -0.2) is 36.1 Å². The average molecular weight is 252 g/mol. The minimum Gasteiger partial charge on any atom is -0.309 e. The summed E-state index contributed by atoms with van der Waals surface area (Å²) in [4.78, 5) is 2.73. The summed E-state index contributed by atoms with van der Waals surface area (Å²) in [6.07, 6.45) is 7.28. The summed E-state index contributed by atoms with van der Waals surface area (Å²) in [6.45, 7) is 13.1. The number of nitrogens with one attached hydrogen (secondary N) is 1. The maximum atomic E-state index is 3.65. The van der Waals surface area contributed by atoms with Gasteiger partial charge in [-0.3, -0.25) is 4.90 Å². The molecule has 2 heteroatoms. The topological polar surface area (TPSA) is 15.3 Å². The average Bonchev–Trinajstić information content (AvgIpc) is 2.35. The summed E-state index contributed by atoms with van der Waals surface area (Å²) in [5.41, 5.74) is 0.299. The molecular formula is C16H32N2. The molecule has 2 aliphatic rings. The molecule has 106 valence electrons. The molecule has 2 fully saturated rings.